The second kappa shape index (κ2) is 11.9. The van der Waals surface area contributed by atoms with Gasteiger partial charge in [-0.05, 0) is 51.3 Å². The van der Waals surface area contributed by atoms with Gasteiger partial charge in [0.2, 0.25) is 10.0 Å². The van der Waals surface area contributed by atoms with Gasteiger partial charge in [-0.2, -0.15) is 0 Å². The number of sulfonamides is 1. The molecular weight excluding hydrogens is 352 g/mol. The van der Waals surface area contributed by atoms with Crippen molar-refractivity contribution in [1.29, 1.82) is 0 Å². The van der Waals surface area contributed by atoms with Crippen molar-refractivity contribution >= 4 is 16.0 Å². The molecule has 0 spiro atoms. The van der Waals surface area contributed by atoms with Gasteiger partial charge in [0.15, 0.2) is 5.96 Å². The standard InChI is InChI=1S/C18H32N4O3S/c1-5-19-18(20-10-7-13-25-6-2)21-11-12-22-26(23,24)17-14-15(3)8-9-16(17)4/h8-9,14,22H,5-7,10-13H2,1-4H3,(H2,19,20,21). The Morgan fingerprint density at radius 1 is 1.15 bits per heavy atom. The summed E-state index contributed by atoms with van der Waals surface area (Å²) in [6.07, 6.45) is 0.851. The number of nitrogens with one attached hydrogen (secondary N) is 3. The molecule has 0 radical (unpaired) electrons. The first kappa shape index (κ1) is 22.4. The van der Waals surface area contributed by atoms with Gasteiger partial charge in [0.1, 0.15) is 0 Å². The van der Waals surface area contributed by atoms with Gasteiger partial charge in [-0.25, -0.2) is 13.1 Å². The minimum atomic E-state index is -3.52. The maximum Gasteiger partial charge on any atom is 0.240 e. The van der Waals surface area contributed by atoms with Crippen LogP contribution in [0.4, 0.5) is 0 Å². The zero-order valence-electron chi connectivity index (χ0n) is 16.3. The minimum absolute atomic E-state index is 0.277. The van der Waals surface area contributed by atoms with Gasteiger partial charge in [-0.3, -0.25) is 4.99 Å². The van der Waals surface area contributed by atoms with E-state index in [4.69, 9.17) is 4.74 Å². The van der Waals surface area contributed by atoms with Crippen LogP contribution in [0.1, 0.15) is 31.4 Å². The van der Waals surface area contributed by atoms with E-state index in [1.807, 2.05) is 32.9 Å². The summed E-state index contributed by atoms with van der Waals surface area (Å²) in [6.45, 7) is 11.1. The maximum atomic E-state index is 12.4. The topological polar surface area (TPSA) is 91.8 Å². The third-order valence-corrected chi connectivity index (χ3v) is 5.21. The third-order valence-electron chi connectivity index (χ3n) is 3.61. The highest BCUT2D eigenvalue weighted by Crippen LogP contribution is 2.16. The normalized spacial score (nSPS) is 12.2. The molecule has 1 aromatic rings. The second-order valence-electron chi connectivity index (χ2n) is 5.90. The Morgan fingerprint density at radius 2 is 1.92 bits per heavy atom. The van der Waals surface area contributed by atoms with Gasteiger partial charge in [0.05, 0.1) is 4.90 Å². The van der Waals surface area contributed by atoms with E-state index in [1.165, 1.54) is 0 Å². The molecule has 148 valence electrons. The molecule has 8 heteroatoms. The molecule has 0 saturated heterocycles. The average Bonchev–Trinajstić information content (AvgIpc) is 2.60. The average molecular weight is 385 g/mol. The molecule has 3 N–H and O–H groups in total. The number of guanidine groups is 1. The number of benzene rings is 1. The number of ether oxygens (including phenoxy) is 1. The summed E-state index contributed by atoms with van der Waals surface area (Å²) in [5.41, 5.74) is 1.66. The summed E-state index contributed by atoms with van der Waals surface area (Å²) in [5.74, 6) is 0.676. The first-order valence-electron chi connectivity index (χ1n) is 9.07. The van der Waals surface area contributed by atoms with E-state index in [2.05, 4.69) is 20.3 Å². The molecule has 0 unspecified atom stereocenters. The van der Waals surface area contributed by atoms with Crippen molar-refractivity contribution in [1.82, 2.24) is 15.4 Å². The Balaban J connectivity index is 2.49. The lowest BCUT2D eigenvalue weighted by Gasteiger charge is -2.13. The zero-order valence-corrected chi connectivity index (χ0v) is 17.1. The van der Waals surface area contributed by atoms with Crippen LogP contribution in [0.3, 0.4) is 0 Å². The molecule has 7 nitrogen and oxygen atoms in total. The molecule has 0 aliphatic carbocycles. The smallest absolute Gasteiger partial charge is 0.240 e. The molecular formula is C18H32N4O3S. The fourth-order valence-corrected chi connectivity index (χ4v) is 3.64. The molecule has 0 aliphatic rings. The van der Waals surface area contributed by atoms with E-state index in [-0.39, 0.29) is 6.54 Å². The SMILES string of the molecule is CCNC(=NCCCOCC)NCCNS(=O)(=O)c1cc(C)ccc1C. The number of hydrogen-bond donors (Lipinski definition) is 3. The lowest BCUT2D eigenvalue weighted by Crippen LogP contribution is -2.41. The number of rotatable bonds is 11. The molecule has 0 amide bonds. The van der Waals surface area contributed by atoms with Gasteiger partial charge in [0, 0.05) is 39.4 Å². The van der Waals surface area contributed by atoms with E-state index in [0.29, 0.717) is 37.2 Å². The lowest BCUT2D eigenvalue weighted by molar-refractivity contribution is 0.146. The lowest BCUT2D eigenvalue weighted by atomic mass is 10.2. The van der Waals surface area contributed by atoms with Gasteiger partial charge in [-0.1, -0.05) is 12.1 Å². The van der Waals surface area contributed by atoms with Crippen molar-refractivity contribution in [2.45, 2.75) is 39.0 Å². The molecule has 0 bridgehead atoms. The van der Waals surface area contributed by atoms with Crippen LogP contribution in [0.25, 0.3) is 0 Å². The summed E-state index contributed by atoms with van der Waals surface area (Å²) < 4.78 is 32.8. The van der Waals surface area contributed by atoms with E-state index in [0.717, 1.165) is 24.1 Å². The zero-order chi connectivity index (χ0) is 19.4. The monoisotopic (exact) mass is 384 g/mol. The Bertz CT molecular complexity index is 675. The molecule has 0 aromatic heterocycles. The van der Waals surface area contributed by atoms with Crippen LogP contribution in [0.15, 0.2) is 28.1 Å². The van der Waals surface area contributed by atoms with Crippen LogP contribution in [0, 0.1) is 13.8 Å². The molecule has 0 heterocycles. The predicted octanol–water partition coefficient (Wildman–Crippen LogP) is 1.56. The fraction of sp³-hybridized carbons (Fsp3) is 0.611. The summed E-state index contributed by atoms with van der Waals surface area (Å²) >= 11 is 0. The highest BCUT2D eigenvalue weighted by Gasteiger charge is 2.16. The van der Waals surface area contributed by atoms with Crippen molar-refractivity contribution in [3.63, 3.8) is 0 Å². The molecule has 26 heavy (non-hydrogen) atoms. The first-order valence-corrected chi connectivity index (χ1v) is 10.6. The van der Waals surface area contributed by atoms with Crippen LogP contribution < -0.4 is 15.4 Å². The van der Waals surface area contributed by atoms with Crippen LogP contribution in [0.2, 0.25) is 0 Å². The van der Waals surface area contributed by atoms with Crippen molar-refractivity contribution in [2.24, 2.45) is 4.99 Å². The Hall–Kier alpha value is -1.64. The van der Waals surface area contributed by atoms with Gasteiger partial charge < -0.3 is 15.4 Å². The van der Waals surface area contributed by atoms with Gasteiger partial charge in [0.25, 0.3) is 0 Å². The van der Waals surface area contributed by atoms with Crippen molar-refractivity contribution in [3.05, 3.63) is 29.3 Å². The Labute approximate surface area is 157 Å². The summed E-state index contributed by atoms with van der Waals surface area (Å²) in [5, 5.41) is 6.27. The second-order valence-corrected chi connectivity index (χ2v) is 7.64. The largest absolute Gasteiger partial charge is 0.382 e. The third kappa shape index (κ3) is 8.16. The van der Waals surface area contributed by atoms with E-state index in [1.54, 1.807) is 13.0 Å². The van der Waals surface area contributed by atoms with Gasteiger partial charge >= 0.3 is 0 Å². The summed E-state index contributed by atoms with van der Waals surface area (Å²) in [4.78, 5) is 4.77. The van der Waals surface area contributed by atoms with Crippen molar-refractivity contribution < 1.29 is 13.2 Å². The van der Waals surface area contributed by atoms with Crippen molar-refractivity contribution in [2.75, 3.05) is 39.4 Å². The quantitative estimate of drug-likeness (QED) is 0.306. The molecule has 0 atom stereocenters. The summed E-state index contributed by atoms with van der Waals surface area (Å²) in [6, 6.07) is 5.41. The van der Waals surface area contributed by atoms with E-state index < -0.39 is 10.0 Å². The van der Waals surface area contributed by atoms with E-state index >= 15 is 0 Å². The van der Waals surface area contributed by atoms with Crippen LogP contribution >= 0.6 is 0 Å². The van der Waals surface area contributed by atoms with Crippen LogP contribution in [0.5, 0.6) is 0 Å². The van der Waals surface area contributed by atoms with Crippen molar-refractivity contribution in [3.8, 4) is 0 Å². The van der Waals surface area contributed by atoms with Crippen LogP contribution in [-0.4, -0.2) is 53.8 Å². The number of aryl methyl sites for hydroxylation is 2. The minimum Gasteiger partial charge on any atom is -0.382 e. The number of hydrogen-bond acceptors (Lipinski definition) is 4. The Kier molecular flexibility index (Phi) is 10.2. The molecule has 0 saturated carbocycles. The number of aliphatic imine (C=N–C) groups is 1. The number of nitrogens with zero attached hydrogens (tertiary/aromatic N) is 1. The van der Waals surface area contributed by atoms with Crippen LogP contribution in [-0.2, 0) is 14.8 Å². The molecule has 0 aliphatic heterocycles. The predicted molar refractivity (Wildman–Crippen MR) is 106 cm³/mol. The highest BCUT2D eigenvalue weighted by atomic mass is 32.2. The summed E-state index contributed by atoms with van der Waals surface area (Å²) in [7, 11) is -3.52. The molecule has 1 aromatic carbocycles. The maximum absolute atomic E-state index is 12.4. The van der Waals surface area contributed by atoms with E-state index in [9.17, 15) is 8.42 Å². The molecule has 1 rings (SSSR count). The van der Waals surface area contributed by atoms with Gasteiger partial charge in [-0.15, -0.1) is 0 Å². The Morgan fingerprint density at radius 3 is 2.62 bits per heavy atom. The fourth-order valence-electron chi connectivity index (χ4n) is 2.28. The highest BCUT2D eigenvalue weighted by molar-refractivity contribution is 7.89. The molecule has 0 fully saturated rings. The first-order chi connectivity index (χ1) is 12.4.